The summed E-state index contributed by atoms with van der Waals surface area (Å²) < 4.78 is 54.2. The van der Waals surface area contributed by atoms with E-state index in [1.807, 2.05) is 0 Å². The van der Waals surface area contributed by atoms with Crippen LogP contribution in [0.15, 0.2) is 45.9 Å². The number of piperidine rings is 1. The van der Waals surface area contributed by atoms with Crippen molar-refractivity contribution in [2.45, 2.75) is 30.5 Å². The number of rotatable bonds is 5. The minimum absolute atomic E-state index is 0. The quantitative estimate of drug-likeness (QED) is 0.485. The molecule has 2 heterocycles. The van der Waals surface area contributed by atoms with E-state index in [0.29, 0.717) is 29.5 Å². The van der Waals surface area contributed by atoms with E-state index >= 15 is 0 Å². The predicted molar refractivity (Wildman–Crippen MR) is 122 cm³/mol. The summed E-state index contributed by atoms with van der Waals surface area (Å²) in [6, 6.07) is 7.72. The maximum atomic E-state index is 14.2. The van der Waals surface area contributed by atoms with Crippen LogP contribution in [0.25, 0.3) is 11.0 Å². The zero-order valence-electron chi connectivity index (χ0n) is 16.3. The Balaban J connectivity index is 0.00000272. The zero-order chi connectivity index (χ0) is 21.5. The van der Waals surface area contributed by atoms with E-state index in [4.69, 9.17) is 32.4 Å². The number of benzene rings is 2. The van der Waals surface area contributed by atoms with Crippen LogP contribution in [0.1, 0.15) is 12.0 Å². The van der Waals surface area contributed by atoms with Gasteiger partial charge in [0.25, 0.3) is 10.0 Å². The molecular weight excluding hydrogens is 490 g/mol. The Hall–Kier alpha value is -1.71. The molecule has 6 nitrogen and oxygen atoms in total. The highest BCUT2D eigenvalue weighted by Gasteiger charge is 2.28. The molecule has 1 fully saturated rings. The third kappa shape index (κ3) is 4.88. The number of fused-ring (bicyclic) bond motifs is 1. The minimum atomic E-state index is -4.05. The smallest absolute Gasteiger partial charge is 0.263 e. The SMILES string of the molecule is Cc1c(Cl)ccc(Cl)c1S(=O)(=O)Nc1cc(O[C@H]2CCNC[C@@H]2F)c2occc2c1.Cl. The van der Waals surface area contributed by atoms with Gasteiger partial charge in [-0.1, -0.05) is 23.2 Å². The standard InChI is InChI=1S/C20H19Cl2FN2O4S.ClH/c1-11-14(21)2-3-15(22)20(11)30(26,27)25-13-8-12-5-7-28-19(12)18(9-13)29-17-4-6-24-10-16(17)23;/h2-3,5,7-9,16-17,24-25H,4,6,10H2,1H3;1H/t16-,17-;/m0./s1. The Labute approximate surface area is 195 Å². The van der Waals surface area contributed by atoms with Crippen molar-refractivity contribution in [3.63, 3.8) is 0 Å². The lowest BCUT2D eigenvalue weighted by atomic mass is 10.1. The van der Waals surface area contributed by atoms with Crippen molar-refractivity contribution in [1.29, 1.82) is 0 Å². The van der Waals surface area contributed by atoms with Crippen LogP contribution in [-0.2, 0) is 10.0 Å². The molecule has 2 atom stereocenters. The number of furan rings is 1. The molecule has 0 aliphatic carbocycles. The molecule has 2 N–H and O–H groups in total. The number of nitrogens with one attached hydrogen (secondary N) is 2. The predicted octanol–water partition coefficient (Wildman–Crippen LogP) is 5.35. The Morgan fingerprint density at radius 3 is 2.71 bits per heavy atom. The molecular formula is C20H20Cl3FN2O4S. The number of sulfonamides is 1. The van der Waals surface area contributed by atoms with Gasteiger partial charge in [-0.2, -0.15) is 0 Å². The van der Waals surface area contributed by atoms with Gasteiger partial charge in [-0.25, -0.2) is 12.8 Å². The first-order valence-corrected chi connectivity index (χ1v) is 11.5. The van der Waals surface area contributed by atoms with Gasteiger partial charge in [-0.3, -0.25) is 4.72 Å². The summed E-state index contributed by atoms with van der Waals surface area (Å²) in [6.07, 6.45) is 0.104. The van der Waals surface area contributed by atoms with Gasteiger partial charge in [-0.05, 0) is 49.7 Å². The third-order valence-electron chi connectivity index (χ3n) is 4.96. The highest BCUT2D eigenvalue weighted by Crippen LogP contribution is 2.36. The van der Waals surface area contributed by atoms with Crippen LogP contribution >= 0.6 is 35.6 Å². The number of ether oxygens (including phenoxy) is 1. The van der Waals surface area contributed by atoms with E-state index in [2.05, 4.69) is 10.0 Å². The lowest BCUT2D eigenvalue weighted by Crippen LogP contribution is -2.44. The van der Waals surface area contributed by atoms with Crippen LogP contribution < -0.4 is 14.8 Å². The Kier molecular flexibility index (Phi) is 7.28. The number of hydrogen-bond acceptors (Lipinski definition) is 5. The van der Waals surface area contributed by atoms with E-state index in [-0.39, 0.29) is 45.3 Å². The van der Waals surface area contributed by atoms with Crippen molar-refractivity contribution in [3.8, 4) is 5.75 Å². The molecule has 4 rings (SSSR count). The second-order valence-corrected chi connectivity index (χ2v) is 9.50. The molecule has 3 aromatic rings. The molecule has 0 amide bonds. The summed E-state index contributed by atoms with van der Waals surface area (Å²) in [6.45, 7) is 2.41. The molecule has 31 heavy (non-hydrogen) atoms. The Morgan fingerprint density at radius 2 is 1.97 bits per heavy atom. The van der Waals surface area contributed by atoms with Crippen molar-refractivity contribution < 1.29 is 22.0 Å². The molecule has 1 aliphatic rings. The third-order valence-corrected chi connectivity index (χ3v) is 7.36. The largest absolute Gasteiger partial charge is 0.483 e. The zero-order valence-corrected chi connectivity index (χ0v) is 19.5. The van der Waals surface area contributed by atoms with Gasteiger partial charge in [0.05, 0.1) is 17.0 Å². The molecule has 2 aromatic carbocycles. The second-order valence-electron chi connectivity index (χ2n) is 7.07. The first-order valence-electron chi connectivity index (χ1n) is 9.26. The summed E-state index contributed by atoms with van der Waals surface area (Å²) in [7, 11) is -4.05. The molecule has 11 heteroatoms. The van der Waals surface area contributed by atoms with Crippen LogP contribution in [0, 0.1) is 6.92 Å². The van der Waals surface area contributed by atoms with Crippen molar-refractivity contribution >= 4 is 62.3 Å². The highest BCUT2D eigenvalue weighted by atomic mass is 35.5. The molecule has 0 bridgehead atoms. The first-order chi connectivity index (χ1) is 14.3. The van der Waals surface area contributed by atoms with Crippen molar-refractivity contribution in [3.05, 3.63) is 52.2 Å². The summed E-state index contributed by atoms with van der Waals surface area (Å²) in [5, 5.41) is 3.92. The van der Waals surface area contributed by atoms with Crippen LogP contribution in [0.5, 0.6) is 5.75 Å². The molecule has 0 radical (unpaired) electrons. The summed E-state index contributed by atoms with van der Waals surface area (Å²) in [5.41, 5.74) is 0.992. The average Bonchev–Trinajstić information content (AvgIpc) is 3.15. The van der Waals surface area contributed by atoms with Gasteiger partial charge in [0, 0.05) is 23.0 Å². The molecule has 0 saturated carbocycles. The molecule has 1 aliphatic heterocycles. The fraction of sp³-hybridized carbons (Fsp3) is 0.300. The number of alkyl halides is 1. The van der Waals surface area contributed by atoms with E-state index in [1.165, 1.54) is 24.5 Å². The fourth-order valence-corrected chi connectivity index (χ4v) is 5.55. The van der Waals surface area contributed by atoms with E-state index in [1.54, 1.807) is 19.1 Å². The Bertz CT molecular complexity index is 1200. The van der Waals surface area contributed by atoms with Crippen molar-refractivity contribution in [2.75, 3.05) is 17.8 Å². The van der Waals surface area contributed by atoms with Crippen LogP contribution in [0.4, 0.5) is 10.1 Å². The van der Waals surface area contributed by atoms with E-state index in [9.17, 15) is 12.8 Å². The lowest BCUT2D eigenvalue weighted by molar-refractivity contribution is 0.0736. The van der Waals surface area contributed by atoms with Crippen molar-refractivity contribution in [1.82, 2.24) is 5.32 Å². The fourth-order valence-electron chi connectivity index (χ4n) is 3.46. The maximum Gasteiger partial charge on any atom is 0.263 e. The van der Waals surface area contributed by atoms with Gasteiger partial charge < -0.3 is 14.5 Å². The topological polar surface area (TPSA) is 80.6 Å². The molecule has 0 spiro atoms. The Morgan fingerprint density at radius 1 is 1.23 bits per heavy atom. The molecule has 168 valence electrons. The maximum absolute atomic E-state index is 14.2. The summed E-state index contributed by atoms with van der Waals surface area (Å²) in [4.78, 5) is -0.103. The van der Waals surface area contributed by atoms with Gasteiger partial charge in [-0.15, -0.1) is 12.4 Å². The second kappa shape index (κ2) is 9.42. The average molecular weight is 510 g/mol. The van der Waals surface area contributed by atoms with Gasteiger partial charge in [0.2, 0.25) is 0 Å². The number of hydrogen-bond donors (Lipinski definition) is 2. The summed E-state index contributed by atoms with van der Waals surface area (Å²) >= 11 is 12.2. The molecule has 1 aromatic heterocycles. The van der Waals surface area contributed by atoms with Gasteiger partial charge in [0.15, 0.2) is 11.3 Å². The minimum Gasteiger partial charge on any atom is -0.483 e. The van der Waals surface area contributed by atoms with E-state index < -0.39 is 22.3 Å². The lowest BCUT2D eigenvalue weighted by Gasteiger charge is -2.27. The van der Waals surface area contributed by atoms with Crippen LogP contribution in [0.2, 0.25) is 10.0 Å². The van der Waals surface area contributed by atoms with Gasteiger partial charge >= 0.3 is 0 Å². The number of halogens is 4. The van der Waals surface area contributed by atoms with Crippen molar-refractivity contribution in [2.24, 2.45) is 0 Å². The monoisotopic (exact) mass is 508 g/mol. The summed E-state index contributed by atoms with van der Waals surface area (Å²) in [5.74, 6) is 0.263. The van der Waals surface area contributed by atoms with E-state index in [0.717, 1.165) is 0 Å². The normalized spacial score (nSPS) is 19.1. The van der Waals surface area contributed by atoms with Crippen LogP contribution in [0.3, 0.4) is 0 Å². The molecule has 0 unspecified atom stereocenters. The molecule has 1 saturated heterocycles. The number of anilines is 1. The highest BCUT2D eigenvalue weighted by molar-refractivity contribution is 7.93. The van der Waals surface area contributed by atoms with Crippen LogP contribution in [-0.4, -0.2) is 33.8 Å². The first kappa shape index (κ1) is 23.9. The van der Waals surface area contributed by atoms with Gasteiger partial charge in [0.1, 0.15) is 17.2 Å².